The molecular formula is C21H20F3N5O2. The molecule has 31 heavy (non-hydrogen) atoms. The van der Waals surface area contributed by atoms with E-state index in [1.807, 2.05) is 13.0 Å². The van der Waals surface area contributed by atoms with Crippen molar-refractivity contribution in [1.29, 1.82) is 0 Å². The predicted molar refractivity (Wildman–Crippen MR) is 106 cm³/mol. The fraction of sp³-hybridized carbons (Fsp3) is 0.333. The second-order valence-corrected chi connectivity index (χ2v) is 7.68. The fourth-order valence-electron chi connectivity index (χ4n) is 3.59. The van der Waals surface area contributed by atoms with Gasteiger partial charge in [0.25, 0.3) is 0 Å². The summed E-state index contributed by atoms with van der Waals surface area (Å²) < 4.78 is 40.4. The molecule has 0 saturated heterocycles. The van der Waals surface area contributed by atoms with Crippen LogP contribution in [0, 0.1) is 6.92 Å². The Morgan fingerprint density at radius 3 is 2.61 bits per heavy atom. The quantitative estimate of drug-likeness (QED) is 0.647. The summed E-state index contributed by atoms with van der Waals surface area (Å²) in [6.45, 7) is 1.85. The number of imidazole rings is 1. The lowest BCUT2D eigenvalue weighted by atomic mass is 9.82. The molecule has 0 amide bonds. The number of hydrogen-bond donors (Lipinski definition) is 2. The number of aliphatic hydroxyl groups is 1. The molecule has 7 nitrogen and oxygen atoms in total. The molecule has 3 aromatic rings. The van der Waals surface area contributed by atoms with Crippen molar-refractivity contribution < 1.29 is 23.1 Å². The molecule has 0 bridgehead atoms. The van der Waals surface area contributed by atoms with Gasteiger partial charge in [0.15, 0.2) is 0 Å². The van der Waals surface area contributed by atoms with Crippen molar-refractivity contribution in [1.82, 2.24) is 19.5 Å². The van der Waals surface area contributed by atoms with E-state index in [-0.39, 0.29) is 11.7 Å². The summed E-state index contributed by atoms with van der Waals surface area (Å²) in [6.07, 6.45) is 1.05. The van der Waals surface area contributed by atoms with Crippen LogP contribution in [0.4, 0.5) is 24.8 Å². The Kier molecular flexibility index (Phi) is 5.26. The molecular weight excluding hydrogens is 411 g/mol. The Bertz CT molecular complexity index is 1120. The fourth-order valence-corrected chi connectivity index (χ4v) is 3.59. The first-order chi connectivity index (χ1) is 14.6. The highest BCUT2D eigenvalue weighted by Crippen LogP contribution is 2.35. The number of rotatable bonds is 4. The van der Waals surface area contributed by atoms with Gasteiger partial charge in [-0.15, -0.1) is 0 Å². The third-order valence-corrected chi connectivity index (χ3v) is 5.26. The van der Waals surface area contributed by atoms with Crippen LogP contribution in [0.15, 0.2) is 43.0 Å². The zero-order valence-electron chi connectivity index (χ0n) is 16.6. The van der Waals surface area contributed by atoms with E-state index >= 15 is 0 Å². The van der Waals surface area contributed by atoms with Crippen molar-refractivity contribution in [3.63, 3.8) is 0 Å². The smallest absolute Gasteiger partial charge is 0.383 e. The van der Waals surface area contributed by atoms with Crippen LogP contribution in [0.3, 0.4) is 0 Å². The third kappa shape index (κ3) is 4.58. The maximum absolute atomic E-state index is 12.9. The van der Waals surface area contributed by atoms with Gasteiger partial charge >= 0.3 is 6.18 Å². The Morgan fingerprint density at radius 2 is 1.90 bits per heavy atom. The Morgan fingerprint density at radius 1 is 1.16 bits per heavy atom. The van der Waals surface area contributed by atoms with Crippen molar-refractivity contribution in [3.8, 4) is 5.69 Å². The van der Waals surface area contributed by atoms with Crippen LogP contribution >= 0.6 is 0 Å². The van der Waals surface area contributed by atoms with Gasteiger partial charge < -0.3 is 15.0 Å². The number of nitrogens with zero attached hydrogens (tertiary/aromatic N) is 4. The van der Waals surface area contributed by atoms with Crippen LogP contribution < -0.4 is 5.32 Å². The molecule has 0 spiro atoms. The number of anilines is 2. The number of hydrogen-bond acceptors (Lipinski definition) is 6. The van der Waals surface area contributed by atoms with E-state index in [0.717, 1.165) is 17.8 Å². The lowest BCUT2D eigenvalue weighted by Gasteiger charge is -2.29. The van der Waals surface area contributed by atoms with Crippen molar-refractivity contribution in [2.24, 2.45) is 0 Å². The van der Waals surface area contributed by atoms with Crippen molar-refractivity contribution in [2.45, 2.75) is 44.4 Å². The molecule has 2 aromatic heterocycles. The van der Waals surface area contributed by atoms with E-state index in [1.54, 1.807) is 29.2 Å². The van der Waals surface area contributed by atoms with Gasteiger partial charge in [0.05, 0.1) is 12.0 Å². The molecule has 0 radical (unpaired) electrons. The molecule has 0 aliphatic heterocycles. The number of ketones is 1. The van der Waals surface area contributed by atoms with Crippen molar-refractivity contribution >= 4 is 17.4 Å². The molecule has 2 N–H and O–H groups in total. The number of halogens is 3. The van der Waals surface area contributed by atoms with E-state index < -0.39 is 17.5 Å². The average Bonchev–Trinajstić information content (AvgIpc) is 3.21. The predicted octanol–water partition coefficient (Wildman–Crippen LogP) is 4.06. The van der Waals surface area contributed by atoms with Gasteiger partial charge in [-0.1, -0.05) is 0 Å². The number of aryl methyl sites for hydroxylation is 1. The molecule has 4 rings (SSSR count). The Hall–Kier alpha value is -3.27. The number of aromatic nitrogens is 4. The highest BCUT2D eigenvalue weighted by Gasteiger charge is 2.36. The largest absolute Gasteiger partial charge is 0.433 e. The van der Waals surface area contributed by atoms with Gasteiger partial charge in [0.2, 0.25) is 5.95 Å². The minimum atomic E-state index is -4.56. The van der Waals surface area contributed by atoms with Crippen LogP contribution in [0.25, 0.3) is 5.69 Å². The molecule has 0 unspecified atom stereocenters. The molecule has 1 aliphatic rings. The number of benzene rings is 1. The summed E-state index contributed by atoms with van der Waals surface area (Å²) >= 11 is 0. The summed E-state index contributed by atoms with van der Waals surface area (Å²) in [5.41, 5.74) is 0.365. The molecule has 10 heteroatoms. The second-order valence-electron chi connectivity index (χ2n) is 7.68. The minimum absolute atomic E-state index is 0.135. The van der Waals surface area contributed by atoms with Gasteiger partial charge in [-0.3, -0.25) is 4.79 Å². The van der Waals surface area contributed by atoms with E-state index in [1.165, 1.54) is 0 Å². The number of nitrogens with one attached hydrogen (secondary N) is 1. The van der Waals surface area contributed by atoms with Crippen LogP contribution in [0.5, 0.6) is 0 Å². The Balaban J connectivity index is 1.59. The lowest BCUT2D eigenvalue weighted by molar-refractivity contribution is -0.141. The number of alkyl halides is 3. The first-order valence-corrected chi connectivity index (χ1v) is 9.70. The maximum atomic E-state index is 12.9. The van der Waals surface area contributed by atoms with Crippen LogP contribution in [0.2, 0.25) is 0 Å². The van der Waals surface area contributed by atoms with Gasteiger partial charge in [0.1, 0.15) is 17.1 Å². The normalized spacial score (nSPS) is 16.4. The van der Waals surface area contributed by atoms with E-state index in [4.69, 9.17) is 0 Å². The highest BCUT2D eigenvalue weighted by molar-refractivity contribution is 5.79. The maximum Gasteiger partial charge on any atom is 0.433 e. The van der Waals surface area contributed by atoms with Gasteiger partial charge in [-0.2, -0.15) is 13.2 Å². The van der Waals surface area contributed by atoms with E-state index in [0.29, 0.717) is 42.8 Å². The second kappa shape index (κ2) is 7.77. The number of Topliss-reactive ketones (excluding diaryl/α,β-unsaturated/α-hetero) is 1. The molecule has 1 aromatic carbocycles. The van der Waals surface area contributed by atoms with Crippen LogP contribution in [-0.4, -0.2) is 30.4 Å². The van der Waals surface area contributed by atoms with Gasteiger partial charge in [-0.05, 0) is 49.6 Å². The van der Waals surface area contributed by atoms with Crippen LogP contribution in [-0.2, 0) is 16.6 Å². The summed E-state index contributed by atoms with van der Waals surface area (Å²) in [6, 6.07) is 6.16. The van der Waals surface area contributed by atoms with Crippen LogP contribution in [0.1, 0.15) is 42.6 Å². The summed E-state index contributed by atoms with van der Waals surface area (Å²) in [5.74, 6) is -0.0331. The molecule has 162 valence electrons. The molecule has 0 atom stereocenters. The molecule has 1 fully saturated rings. The zero-order chi connectivity index (χ0) is 22.2. The lowest BCUT2D eigenvalue weighted by Crippen LogP contribution is -2.31. The van der Waals surface area contributed by atoms with Gasteiger partial charge in [0, 0.05) is 36.6 Å². The first-order valence-electron chi connectivity index (χ1n) is 9.70. The van der Waals surface area contributed by atoms with Gasteiger partial charge in [-0.25, -0.2) is 15.0 Å². The minimum Gasteiger partial charge on any atom is -0.383 e. The topological polar surface area (TPSA) is 92.9 Å². The Labute approximate surface area is 176 Å². The number of carbonyl (C=O) groups is 1. The SMILES string of the molecule is Cc1cc(Nc2nccc(C(F)(F)F)n2)cc(-n2cnc(C3(O)CCC(=O)CC3)c2)c1. The van der Waals surface area contributed by atoms with E-state index in [9.17, 15) is 23.1 Å². The third-order valence-electron chi connectivity index (χ3n) is 5.26. The standard InChI is InChI=1S/C21H20F3N5O2/c1-13-8-14(27-19-25-7-4-17(28-19)21(22,23)24)10-15(9-13)29-11-18(26-12-29)20(31)5-2-16(30)3-6-20/h4,7-12,31H,2-3,5-6H2,1H3,(H,25,27,28). The highest BCUT2D eigenvalue weighted by atomic mass is 19.4. The average molecular weight is 431 g/mol. The molecule has 1 saturated carbocycles. The van der Waals surface area contributed by atoms with Crippen molar-refractivity contribution in [3.05, 3.63) is 59.9 Å². The number of carbonyl (C=O) groups excluding carboxylic acids is 1. The first kappa shape index (κ1) is 21.0. The molecule has 2 heterocycles. The van der Waals surface area contributed by atoms with E-state index in [2.05, 4.69) is 20.3 Å². The monoisotopic (exact) mass is 431 g/mol. The van der Waals surface area contributed by atoms with Crippen molar-refractivity contribution in [2.75, 3.05) is 5.32 Å². The summed E-state index contributed by atoms with van der Waals surface area (Å²) in [7, 11) is 0. The zero-order valence-corrected chi connectivity index (χ0v) is 16.6. The summed E-state index contributed by atoms with van der Waals surface area (Å²) in [5, 5.41) is 13.7. The summed E-state index contributed by atoms with van der Waals surface area (Å²) in [4.78, 5) is 23.2. The molecule has 1 aliphatic carbocycles.